The van der Waals surface area contributed by atoms with Gasteiger partial charge in [0.2, 0.25) is 0 Å². The topological polar surface area (TPSA) is 76.2 Å². The van der Waals surface area contributed by atoms with Gasteiger partial charge in [0.05, 0.1) is 21.4 Å². The van der Waals surface area contributed by atoms with E-state index in [1.165, 1.54) is 10.6 Å². The van der Waals surface area contributed by atoms with Crippen LogP contribution in [0.4, 0.5) is 0 Å². The summed E-state index contributed by atoms with van der Waals surface area (Å²) in [5.74, 6) is 0. The van der Waals surface area contributed by atoms with E-state index in [0.29, 0.717) is 21.4 Å². The fraction of sp³-hybridized carbons (Fsp3) is 0.0769. The normalized spacial score (nSPS) is 11.2. The Bertz CT molecular complexity index is 853. The third-order valence-corrected chi connectivity index (χ3v) is 3.68. The lowest BCUT2D eigenvalue weighted by atomic mass is 10.1. The second-order valence-electron chi connectivity index (χ2n) is 4.28. The number of aromatic nitrogens is 3. The number of halogens is 2. The quantitative estimate of drug-likeness (QED) is 0.763. The minimum atomic E-state index is -0.207. The van der Waals surface area contributed by atoms with Crippen molar-refractivity contribution in [1.82, 2.24) is 14.6 Å². The molecular weight excluding hydrogens is 299 g/mol. The first-order valence-corrected chi connectivity index (χ1v) is 6.61. The number of benzene rings is 1. The van der Waals surface area contributed by atoms with Gasteiger partial charge < -0.3 is 5.73 Å². The molecule has 0 saturated heterocycles. The van der Waals surface area contributed by atoms with Gasteiger partial charge in [0.15, 0.2) is 5.65 Å². The van der Waals surface area contributed by atoms with Gasteiger partial charge in [-0.1, -0.05) is 29.3 Å². The maximum Gasteiger partial charge on any atom is 0.272 e. The lowest BCUT2D eigenvalue weighted by Gasteiger charge is -1.99. The molecule has 2 heterocycles. The summed E-state index contributed by atoms with van der Waals surface area (Å²) in [4.78, 5) is 16.2. The van der Waals surface area contributed by atoms with E-state index in [4.69, 9.17) is 28.9 Å². The van der Waals surface area contributed by atoms with Crippen molar-refractivity contribution in [3.8, 4) is 11.3 Å². The Morgan fingerprint density at radius 2 is 2.00 bits per heavy atom. The molecule has 1 aromatic carbocycles. The van der Waals surface area contributed by atoms with Crippen molar-refractivity contribution in [3.63, 3.8) is 0 Å². The van der Waals surface area contributed by atoms with Gasteiger partial charge in [-0.25, -0.2) is 9.50 Å². The summed E-state index contributed by atoms with van der Waals surface area (Å²) >= 11 is 11.9. The number of H-pyrrole nitrogens is 1. The molecular formula is C13H10Cl2N4O. The predicted octanol–water partition coefficient (Wildman–Crippen LogP) is 2.46. The third kappa shape index (κ3) is 2.20. The molecule has 0 radical (unpaired) electrons. The second kappa shape index (κ2) is 4.94. The van der Waals surface area contributed by atoms with E-state index in [-0.39, 0.29) is 12.1 Å². The first kappa shape index (κ1) is 13.2. The summed E-state index contributed by atoms with van der Waals surface area (Å²) in [7, 11) is 0. The molecule has 0 unspecified atom stereocenters. The molecule has 0 saturated carbocycles. The maximum absolute atomic E-state index is 11.9. The molecule has 3 N–H and O–H groups in total. The Hall–Kier alpha value is -1.82. The largest absolute Gasteiger partial charge is 0.325 e. The first-order chi connectivity index (χ1) is 9.58. The summed E-state index contributed by atoms with van der Waals surface area (Å²) in [6.07, 6.45) is 0. The number of nitrogens with two attached hydrogens (primary N) is 1. The van der Waals surface area contributed by atoms with Crippen LogP contribution in [-0.2, 0) is 6.54 Å². The van der Waals surface area contributed by atoms with Gasteiger partial charge in [-0.2, -0.15) is 0 Å². The van der Waals surface area contributed by atoms with Gasteiger partial charge in [-0.15, -0.1) is 0 Å². The lowest BCUT2D eigenvalue weighted by Crippen LogP contribution is -2.16. The van der Waals surface area contributed by atoms with Gasteiger partial charge in [0.1, 0.15) is 0 Å². The number of nitrogens with zero attached hydrogens (tertiary/aromatic N) is 2. The highest BCUT2D eigenvalue weighted by molar-refractivity contribution is 6.42. The van der Waals surface area contributed by atoms with Gasteiger partial charge in [0.25, 0.3) is 5.56 Å². The van der Waals surface area contributed by atoms with Crippen LogP contribution in [0.5, 0.6) is 0 Å². The second-order valence-corrected chi connectivity index (χ2v) is 5.10. The molecule has 0 aliphatic rings. The van der Waals surface area contributed by atoms with Crippen LogP contribution in [0.3, 0.4) is 0 Å². The molecule has 0 amide bonds. The van der Waals surface area contributed by atoms with Crippen LogP contribution >= 0.6 is 23.2 Å². The van der Waals surface area contributed by atoms with Gasteiger partial charge in [-0.3, -0.25) is 9.89 Å². The van der Waals surface area contributed by atoms with Crippen molar-refractivity contribution in [2.45, 2.75) is 6.54 Å². The van der Waals surface area contributed by atoms with Crippen LogP contribution in [-0.4, -0.2) is 14.6 Å². The fourth-order valence-corrected chi connectivity index (χ4v) is 2.25. The number of aromatic amines is 1. The van der Waals surface area contributed by atoms with Crippen molar-refractivity contribution >= 4 is 28.8 Å². The Morgan fingerprint density at radius 3 is 2.70 bits per heavy atom. The van der Waals surface area contributed by atoms with E-state index in [0.717, 1.165) is 11.3 Å². The predicted molar refractivity (Wildman–Crippen MR) is 79.2 cm³/mol. The SMILES string of the molecule is NCc1cc(=O)n2[nH]c(-c3ccc(Cl)c(Cl)c3)cc2n1. The minimum absolute atomic E-state index is 0.207. The summed E-state index contributed by atoms with van der Waals surface area (Å²) in [5, 5.41) is 3.91. The van der Waals surface area contributed by atoms with Crippen LogP contribution < -0.4 is 11.3 Å². The molecule has 0 atom stereocenters. The van der Waals surface area contributed by atoms with Crippen LogP contribution in [0.25, 0.3) is 16.9 Å². The highest BCUT2D eigenvalue weighted by Crippen LogP contribution is 2.27. The molecule has 3 rings (SSSR count). The zero-order valence-electron chi connectivity index (χ0n) is 10.2. The van der Waals surface area contributed by atoms with Gasteiger partial charge in [0, 0.05) is 24.2 Å². The summed E-state index contributed by atoms with van der Waals surface area (Å²) in [5.41, 5.74) is 7.91. The number of fused-ring (bicyclic) bond motifs is 1. The minimum Gasteiger partial charge on any atom is -0.325 e. The lowest BCUT2D eigenvalue weighted by molar-refractivity contribution is 0.872. The Balaban J connectivity index is 2.20. The number of nitrogens with one attached hydrogen (secondary N) is 1. The van der Waals surface area contributed by atoms with Crippen molar-refractivity contribution in [1.29, 1.82) is 0 Å². The van der Waals surface area contributed by atoms with E-state index >= 15 is 0 Å². The summed E-state index contributed by atoms with van der Waals surface area (Å²) in [6.45, 7) is 0.221. The molecule has 5 nitrogen and oxygen atoms in total. The molecule has 0 fully saturated rings. The van der Waals surface area contributed by atoms with Crippen molar-refractivity contribution in [2.24, 2.45) is 5.73 Å². The molecule has 2 aromatic heterocycles. The van der Waals surface area contributed by atoms with Crippen LogP contribution in [0.15, 0.2) is 35.1 Å². The van der Waals surface area contributed by atoms with E-state index in [2.05, 4.69) is 10.1 Å². The molecule has 20 heavy (non-hydrogen) atoms. The first-order valence-electron chi connectivity index (χ1n) is 5.85. The van der Waals surface area contributed by atoms with Crippen molar-refractivity contribution in [2.75, 3.05) is 0 Å². The van der Waals surface area contributed by atoms with Crippen LogP contribution in [0.1, 0.15) is 5.69 Å². The van der Waals surface area contributed by atoms with Crippen molar-refractivity contribution in [3.05, 3.63) is 56.4 Å². The Morgan fingerprint density at radius 1 is 1.20 bits per heavy atom. The molecule has 3 aromatic rings. The van der Waals surface area contributed by atoms with E-state index in [9.17, 15) is 4.79 Å². The van der Waals surface area contributed by atoms with E-state index < -0.39 is 0 Å². The zero-order valence-corrected chi connectivity index (χ0v) is 11.7. The number of rotatable bonds is 2. The van der Waals surface area contributed by atoms with Gasteiger partial charge in [-0.05, 0) is 12.1 Å². The van der Waals surface area contributed by atoms with Gasteiger partial charge >= 0.3 is 0 Å². The Labute approximate surface area is 123 Å². The molecule has 102 valence electrons. The molecule has 7 heteroatoms. The fourth-order valence-electron chi connectivity index (χ4n) is 1.96. The number of hydrogen-bond acceptors (Lipinski definition) is 3. The molecule has 0 aliphatic heterocycles. The standard InChI is InChI=1S/C13H10Cl2N4O/c14-9-2-1-7(3-10(9)15)11-5-12-17-8(6-16)4-13(20)19(12)18-11/h1-5,18H,6,16H2. The van der Waals surface area contributed by atoms with E-state index in [1.54, 1.807) is 18.2 Å². The van der Waals surface area contributed by atoms with Crippen LogP contribution in [0.2, 0.25) is 10.0 Å². The molecule has 0 bridgehead atoms. The summed E-state index contributed by atoms with van der Waals surface area (Å²) in [6, 6.07) is 8.41. The third-order valence-electron chi connectivity index (χ3n) is 2.94. The average molecular weight is 309 g/mol. The molecule has 0 aliphatic carbocycles. The molecule has 0 spiro atoms. The Kier molecular flexibility index (Phi) is 3.25. The smallest absolute Gasteiger partial charge is 0.272 e. The monoisotopic (exact) mass is 308 g/mol. The zero-order chi connectivity index (χ0) is 14.3. The van der Waals surface area contributed by atoms with Crippen LogP contribution in [0, 0.1) is 0 Å². The summed E-state index contributed by atoms with van der Waals surface area (Å²) < 4.78 is 1.36. The average Bonchev–Trinajstić information content (AvgIpc) is 2.86. The van der Waals surface area contributed by atoms with Crippen molar-refractivity contribution < 1.29 is 0 Å². The highest BCUT2D eigenvalue weighted by atomic mass is 35.5. The van der Waals surface area contributed by atoms with E-state index in [1.807, 2.05) is 6.07 Å². The number of hydrogen-bond donors (Lipinski definition) is 2. The maximum atomic E-state index is 11.9. The highest BCUT2D eigenvalue weighted by Gasteiger charge is 2.08.